The van der Waals surface area contributed by atoms with Crippen molar-refractivity contribution in [2.24, 2.45) is 0 Å². The van der Waals surface area contributed by atoms with Crippen LogP contribution < -0.4 is 0 Å². The summed E-state index contributed by atoms with van der Waals surface area (Å²) in [5, 5.41) is 0.974. The van der Waals surface area contributed by atoms with Crippen LogP contribution in [-0.4, -0.2) is 59.2 Å². The zero-order valence-electron chi connectivity index (χ0n) is 14.0. The number of thiazole rings is 1. The summed E-state index contributed by atoms with van der Waals surface area (Å²) in [6.45, 7) is 2.94. The highest BCUT2D eigenvalue weighted by Gasteiger charge is 2.33. The molecule has 130 valence electrons. The van der Waals surface area contributed by atoms with Crippen molar-refractivity contribution < 1.29 is 8.42 Å². The molecule has 9 heteroatoms. The maximum Gasteiger partial charge on any atom is 0.281 e. The van der Waals surface area contributed by atoms with E-state index in [9.17, 15) is 8.42 Å². The first kappa shape index (κ1) is 17.4. The molecule has 2 aromatic heterocycles. The Morgan fingerprint density at radius 1 is 1.25 bits per heavy atom. The van der Waals surface area contributed by atoms with Gasteiger partial charge in [0.2, 0.25) is 0 Å². The first-order valence-electron chi connectivity index (χ1n) is 7.81. The number of rotatable bonds is 4. The van der Waals surface area contributed by atoms with E-state index >= 15 is 0 Å². The number of piperidine rings is 1. The van der Waals surface area contributed by atoms with Crippen molar-refractivity contribution in [1.29, 1.82) is 0 Å². The van der Waals surface area contributed by atoms with Crippen LogP contribution in [0.5, 0.6) is 0 Å². The summed E-state index contributed by atoms with van der Waals surface area (Å²) in [5.74, 6) is 0.0413. The molecule has 0 saturated carbocycles. The molecule has 0 aromatic carbocycles. The SMILES string of the molecule is Cc1ncc(-c2nccnc2[C@H]2CCCN(S(=O)(=O)N(C)C)C2)s1. The van der Waals surface area contributed by atoms with Gasteiger partial charge >= 0.3 is 0 Å². The molecule has 3 rings (SSSR count). The third-order valence-electron chi connectivity index (χ3n) is 4.14. The first-order chi connectivity index (χ1) is 11.4. The lowest BCUT2D eigenvalue weighted by Gasteiger charge is -2.33. The molecule has 0 radical (unpaired) electrons. The summed E-state index contributed by atoms with van der Waals surface area (Å²) in [4.78, 5) is 14.3. The Bertz CT molecular complexity index is 819. The highest BCUT2D eigenvalue weighted by molar-refractivity contribution is 7.86. The van der Waals surface area contributed by atoms with Crippen molar-refractivity contribution in [3.8, 4) is 10.6 Å². The van der Waals surface area contributed by atoms with E-state index in [4.69, 9.17) is 0 Å². The molecule has 0 amide bonds. The molecule has 1 atom stereocenters. The summed E-state index contributed by atoms with van der Waals surface area (Å²) in [7, 11) is -0.281. The van der Waals surface area contributed by atoms with Crippen molar-refractivity contribution >= 4 is 21.5 Å². The van der Waals surface area contributed by atoms with Gasteiger partial charge in [-0.25, -0.2) is 4.98 Å². The Morgan fingerprint density at radius 3 is 2.67 bits per heavy atom. The second kappa shape index (κ2) is 6.83. The fraction of sp³-hybridized carbons (Fsp3) is 0.533. The van der Waals surface area contributed by atoms with Gasteiger partial charge in [0.25, 0.3) is 10.2 Å². The molecule has 7 nitrogen and oxygen atoms in total. The van der Waals surface area contributed by atoms with Crippen molar-refractivity contribution in [1.82, 2.24) is 23.6 Å². The van der Waals surface area contributed by atoms with Crippen molar-refractivity contribution in [3.63, 3.8) is 0 Å². The molecule has 1 fully saturated rings. The lowest BCUT2D eigenvalue weighted by Crippen LogP contribution is -2.45. The minimum absolute atomic E-state index is 0.0413. The summed E-state index contributed by atoms with van der Waals surface area (Å²) in [5.41, 5.74) is 1.68. The molecule has 2 aromatic rings. The standard InChI is InChI=1S/C15H21N5O2S2/c1-11-18-9-13(23-11)15-14(16-6-7-17-15)12-5-4-8-20(10-12)24(21,22)19(2)3/h6-7,9,12H,4-5,8,10H2,1-3H3/t12-/m0/s1. The zero-order valence-corrected chi connectivity index (χ0v) is 15.6. The van der Waals surface area contributed by atoms with Gasteiger partial charge < -0.3 is 0 Å². The summed E-state index contributed by atoms with van der Waals surface area (Å²) < 4.78 is 27.7. The molecule has 1 aliphatic heterocycles. The summed E-state index contributed by atoms with van der Waals surface area (Å²) >= 11 is 1.58. The Morgan fingerprint density at radius 2 is 2.00 bits per heavy atom. The molecular weight excluding hydrogens is 346 g/mol. The second-order valence-electron chi connectivity index (χ2n) is 6.02. The van der Waals surface area contributed by atoms with Gasteiger partial charge in [-0.2, -0.15) is 17.0 Å². The minimum Gasteiger partial charge on any atom is -0.257 e. The Kier molecular flexibility index (Phi) is 4.95. The molecule has 3 heterocycles. The molecule has 0 unspecified atom stereocenters. The van der Waals surface area contributed by atoms with Gasteiger partial charge in [-0.05, 0) is 19.8 Å². The van der Waals surface area contributed by atoms with Crippen LogP contribution in [0.15, 0.2) is 18.6 Å². The van der Waals surface area contributed by atoms with Crippen LogP contribution in [0.3, 0.4) is 0 Å². The Hall–Kier alpha value is -1.42. The maximum absolute atomic E-state index is 12.4. The maximum atomic E-state index is 12.4. The van der Waals surface area contributed by atoms with Crippen LogP contribution in [0.25, 0.3) is 10.6 Å². The molecular formula is C15H21N5O2S2. The van der Waals surface area contributed by atoms with Crippen LogP contribution in [0.4, 0.5) is 0 Å². The molecule has 1 aliphatic rings. The van der Waals surface area contributed by atoms with E-state index in [-0.39, 0.29) is 5.92 Å². The fourth-order valence-corrected chi connectivity index (χ4v) is 4.89. The van der Waals surface area contributed by atoms with Gasteiger partial charge in [0.15, 0.2) is 0 Å². The minimum atomic E-state index is -3.41. The second-order valence-corrected chi connectivity index (χ2v) is 9.40. The quantitative estimate of drug-likeness (QED) is 0.824. The predicted octanol–water partition coefficient (Wildman–Crippen LogP) is 1.89. The van der Waals surface area contributed by atoms with E-state index < -0.39 is 10.2 Å². The number of aromatic nitrogens is 3. The number of nitrogens with zero attached hydrogens (tertiary/aromatic N) is 5. The Labute approximate surface area is 146 Å². The highest BCUT2D eigenvalue weighted by atomic mass is 32.2. The van der Waals surface area contributed by atoms with Crippen LogP contribution in [0, 0.1) is 6.92 Å². The molecule has 0 N–H and O–H groups in total. The van der Waals surface area contributed by atoms with Gasteiger partial charge in [-0.15, -0.1) is 11.3 Å². The van der Waals surface area contributed by atoms with Crippen molar-refractivity contribution in [2.45, 2.75) is 25.7 Å². The molecule has 24 heavy (non-hydrogen) atoms. The van der Waals surface area contributed by atoms with Crippen LogP contribution in [0.2, 0.25) is 0 Å². The lowest BCUT2D eigenvalue weighted by atomic mass is 9.94. The number of hydrogen-bond acceptors (Lipinski definition) is 6. The predicted molar refractivity (Wildman–Crippen MR) is 94.0 cm³/mol. The molecule has 1 saturated heterocycles. The average Bonchev–Trinajstić information content (AvgIpc) is 3.01. The van der Waals surface area contributed by atoms with Gasteiger partial charge in [-0.1, -0.05) is 0 Å². The van der Waals surface area contributed by atoms with Crippen LogP contribution in [0.1, 0.15) is 29.5 Å². The largest absolute Gasteiger partial charge is 0.281 e. The average molecular weight is 368 g/mol. The smallest absolute Gasteiger partial charge is 0.257 e. The highest BCUT2D eigenvalue weighted by Crippen LogP contribution is 2.34. The van der Waals surface area contributed by atoms with E-state index in [0.717, 1.165) is 34.1 Å². The third-order valence-corrected chi connectivity index (χ3v) is 6.97. The normalized spacial score (nSPS) is 19.8. The van der Waals surface area contributed by atoms with E-state index in [1.165, 1.54) is 8.61 Å². The van der Waals surface area contributed by atoms with Crippen LogP contribution >= 0.6 is 11.3 Å². The molecule has 0 aliphatic carbocycles. The number of hydrogen-bond donors (Lipinski definition) is 0. The van der Waals surface area contributed by atoms with Gasteiger partial charge in [0.1, 0.15) is 5.69 Å². The van der Waals surface area contributed by atoms with Crippen LogP contribution in [-0.2, 0) is 10.2 Å². The van der Waals surface area contributed by atoms with Gasteiger partial charge in [0.05, 0.1) is 15.6 Å². The number of aryl methyl sites for hydroxylation is 1. The summed E-state index contributed by atoms with van der Waals surface area (Å²) in [6, 6.07) is 0. The van der Waals surface area contributed by atoms with E-state index in [1.54, 1.807) is 37.8 Å². The fourth-order valence-electron chi connectivity index (χ4n) is 2.91. The monoisotopic (exact) mass is 367 g/mol. The van der Waals surface area contributed by atoms with Gasteiger partial charge in [-0.3, -0.25) is 9.97 Å². The van der Waals surface area contributed by atoms with E-state index in [2.05, 4.69) is 15.0 Å². The zero-order chi connectivity index (χ0) is 17.3. The van der Waals surface area contributed by atoms with E-state index in [1.807, 2.05) is 13.1 Å². The third kappa shape index (κ3) is 3.34. The summed E-state index contributed by atoms with van der Waals surface area (Å²) in [6.07, 6.45) is 6.88. The molecule has 0 bridgehead atoms. The van der Waals surface area contributed by atoms with Gasteiger partial charge in [0, 0.05) is 51.7 Å². The first-order valence-corrected chi connectivity index (χ1v) is 10.0. The lowest BCUT2D eigenvalue weighted by molar-refractivity contribution is 0.296. The van der Waals surface area contributed by atoms with Crippen molar-refractivity contribution in [2.75, 3.05) is 27.2 Å². The van der Waals surface area contributed by atoms with E-state index in [0.29, 0.717) is 13.1 Å². The Balaban J connectivity index is 1.92. The topological polar surface area (TPSA) is 79.3 Å². The van der Waals surface area contributed by atoms with Crippen molar-refractivity contribution in [3.05, 3.63) is 29.3 Å². The molecule has 0 spiro atoms.